The maximum absolute atomic E-state index is 4.80. The predicted octanol–water partition coefficient (Wildman–Crippen LogP) is 4.36. The lowest BCUT2D eigenvalue weighted by molar-refractivity contribution is 0.577. The van der Waals surface area contributed by atoms with Crippen LogP contribution in [0.5, 0.6) is 0 Å². The van der Waals surface area contributed by atoms with Crippen molar-refractivity contribution in [2.24, 2.45) is 0 Å². The third-order valence-corrected chi connectivity index (χ3v) is 4.68. The molecule has 0 atom stereocenters. The van der Waals surface area contributed by atoms with E-state index in [0.717, 1.165) is 12.1 Å². The van der Waals surface area contributed by atoms with E-state index in [2.05, 4.69) is 41.5 Å². The average Bonchev–Trinajstić information content (AvgIpc) is 2.98. The van der Waals surface area contributed by atoms with Crippen molar-refractivity contribution in [3.05, 3.63) is 35.2 Å². The Hall–Kier alpha value is -1.35. The first-order valence-electron chi connectivity index (χ1n) is 7.16. The molecule has 2 heterocycles. The zero-order chi connectivity index (χ0) is 13.1. The van der Waals surface area contributed by atoms with E-state index in [9.17, 15) is 0 Å². The number of benzene rings is 1. The number of aryl methyl sites for hydroxylation is 1. The van der Waals surface area contributed by atoms with Crippen molar-refractivity contribution < 1.29 is 0 Å². The Morgan fingerprint density at radius 1 is 1.11 bits per heavy atom. The van der Waals surface area contributed by atoms with E-state index in [1.54, 1.807) is 11.3 Å². The highest BCUT2D eigenvalue weighted by Gasteiger charge is 2.14. The Bertz CT molecular complexity index is 524. The molecule has 1 saturated heterocycles. The molecule has 1 aromatic carbocycles. The van der Waals surface area contributed by atoms with Crippen molar-refractivity contribution in [2.75, 3.05) is 18.0 Å². The summed E-state index contributed by atoms with van der Waals surface area (Å²) in [6.07, 6.45) is 5.07. The van der Waals surface area contributed by atoms with Crippen LogP contribution in [0.15, 0.2) is 29.6 Å². The predicted molar refractivity (Wildman–Crippen MR) is 83.0 cm³/mol. The summed E-state index contributed by atoms with van der Waals surface area (Å²) in [6, 6.07) is 8.78. The average molecular weight is 272 g/mol. The first-order valence-corrected chi connectivity index (χ1v) is 8.04. The topological polar surface area (TPSA) is 16.1 Å². The Morgan fingerprint density at radius 3 is 2.53 bits per heavy atom. The highest BCUT2D eigenvalue weighted by molar-refractivity contribution is 7.14. The number of rotatable bonds is 3. The van der Waals surface area contributed by atoms with Gasteiger partial charge in [0.1, 0.15) is 0 Å². The smallest absolute Gasteiger partial charge is 0.185 e. The molecule has 0 spiro atoms. The maximum atomic E-state index is 4.80. The van der Waals surface area contributed by atoms with Crippen molar-refractivity contribution >= 4 is 16.5 Å². The van der Waals surface area contributed by atoms with Gasteiger partial charge in [-0.1, -0.05) is 31.2 Å². The minimum atomic E-state index is 1.09. The van der Waals surface area contributed by atoms with Gasteiger partial charge in [-0.25, -0.2) is 4.98 Å². The van der Waals surface area contributed by atoms with Gasteiger partial charge in [0.05, 0.1) is 5.69 Å². The van der Waals surface area contributed by atoms with Crippen molar-refractivity contribution in [1.82, 2.24) is 4.98 Å². The van der Waals surface area contributed by atoms with E-state index in [1.165, 1.54) is 48.6 Å². The summed E-state index contributed by atoms with van der Waals surface area (Å²) in [5.74, 6) is 0. The van der Waals surface area contributed by atoms with Gasteiger partial charge >= 0.3 is 0 Å². The second-order valence-corrected chi connectivity index (χ2v) is 5.95. The summed E-state index contributed by atoms with van der Waals surface area (Å²) in [4.78, 5) is 7.23. The van der Waals surface area contributed by atoms with E-state index < -0.39 is 0 Å². The van der Waals surface area contributed by atoms with Crippen LogP contribution in [-0.2, 0) is 6.42 Å². The van der Waals surface area contributed by atoms with E-state index in [1.807, 2.05) is 0 Å². The van der Waals surface area contributed by atoms with Gasteiger partial charge in [-0.15, -0.1) is 11.3 Å². The standard InChI is InChI=1S/C16H20N2S/c1-2-13-6-8-14(9-7-13)15-12-19-16(17-15)18-10-4-3-5-11-18/h6-9,12H,2-5,10-11H2,1H3. The van der Waals surface area contributed by atoms with Crippen molar-refractivity contribution in [2.45, 2.75) is 32.6 Å². The van der Waals surface area contributed by atoms with Gasteiger partial charge in [0.25, 0.3) is 0 Å². The molecule has 0 bridgehead atoms. The number of anilines is 1. The minimum Gasteiger partial charge on any atom is -0.348 e. The van der Waals surface area contributed by atoms with Crippen LogP contribution < -0.4 is 4.90 Å². The van der Waals surface area contributed by atoms with Gasteiger partial charge in [0, 0.05) is 24.0 Å². The number of hydrogen-bond donors (Lipinski definition) is 0. The largest absolute Gasteiger partial charge is 0.348 e. The molecule has 0 amide bonds. The molecular formula is C16H20N2S. The molecule has 0 unspecified atom stereocenters. The van der Waals surface area contributed by atoms with Crippen LogP contribution in [-0.4, -0.2) is 18.1 Å². The number of hydrogen-bond acceptors (Lipinski definition) is 3. The van der Waals surface area contributed by atoms with Crippen molar-refractivity contribution in [3.8, 4) is 11.3 Å². The molecule has 1 aromatic heterocycles. The van der Waals surface area contributed by atoms with Gasteiger partial charge in [0.2, 0.25) is 0 Å². The van der Waals surface area contributed by atoms with Crippen LogP contribution in [0.3, 0.4) is 0 Å². The molecule has 1 aliphatic heterocycles. The van der Waals surface area contributed by atoms with E-state index in [-0.39, 0.29) is 0 Å². The molecule has 0 radical (unpaired) electrons. The molecule has 0 aliphatic carbocycles. The van der Waals surface area contributed by atoms with Crippen LogP contribution in [0.25, 0.3) is 11.3 Å². The molecule has 2 nitrogen and oxygen atoms in total. The van der Waals surface area contributed by atoms with Crippen LogP contribution in [0.4, 0.5) is 5.13 Å². The van der Waals surface area contributed by atoms with Gasteiger partial charge in [-0.05, 0) is 31.2 Å². The van der Waals surface area contributed by atoms with Crippen molar-refractivity contribution in [3.63, 3.8) is 0 Å². The lowest BCUT2D eigenvalue weighted by Crippen LogP contribution is -2.29. The van der Waals surface area contributed by atoms with Crippen LogP contribution in [0, 0.1) is 0 Å². The summed E-state index contributed by atoms with van der Waals surface area (Å²) >= 11 is 1.78. The quantitative estimate of drug-likeness (QED) is 0.825. The SMILES string of the molecule is CCc1ccc(-c2csc(N3CCCCC3)n2)cc1. The Labute approximate surface area is 119 Å². The maximum Gasteiger partial charge on any atom is 0.185 e. The van der Waals surface area contributed by atoms with Gasteiger partial charge in [0.15, 0.2) is 5.13 Å². The summed E-state index contributed by atoms with van der Waals surface area (Å²) in [5, 5.41) is 3.37. The molecular weight excluding hydrogens is 252 g/mol. The van der Waals surface area contributed by atoms with Gasteiger partial charge in [-0.3, -0.25) is 0 Å². The zero-order valence-corrected chi connectivity index (χ0v) is 12.2. The van der Waals surface area contributed by atoms with Crippen LogP contribution in [0.2, 0.25) is 0 Å². The Kier molecular flexibility index (Phi) is 3.83. The molecule has 0 saturated carbocycles. The summed E-state index contributed by atoms with van der Waals surface area (Å²) in [5.41, 5.74) is 3.74. The van der Waals surface area contributed by atoms with Crippen LogP contribution in [0.1, 0.15) is 31.7 Å². The monoisotopic (exact) mass is 272 g/mol. The second kappa shape index (κ2) is 5.74. The molecule has 3 heteroatoms. The minimum absolute atomic E-state index is 1.09. The van der Waals surface area contributed by atoms with E-state index >= 15 is 0 Å². The number of piperidine rings is 1. The van der Waals surface area contributed by atoms with E-state index in [4.69, 9.17) is 4.98 Å². The molecule has 19 heavy (non-hydrogen) atoms. The fourth-order valence-electron chi connectivity index (χ4n) is 2.54. The third-order valence-electron chi connectivity index (χ3n) is 3.78. The summed E-state index contributed by atoms with van der Waals surface area (Å²) in [7, 11) is 0. The van der Waals surface area contributed by atoms with E-state index in [0.29, 0.717) is 0 Å². The molecule has 2 aromatic rings. The number of nitrogens with zero attached hydrogens (tertiary/aromatic N) is 2. The molecule has 100 valence electrons. The summed E-state index contributed by atoms with van der Waals surface area (Å²) < 4.78 is 0. The molecule has 1 fully saturated rings. The van der Waals surface area contributed by atoms with Gasteiger partial charge < -0.3 is 4.90 Å². The normalized spacial score (nSPS) is 15.7. The second-order valence-electron chi connectivity index (χ2n) is 5.11. The fraction of sp³-hybridized carbons (Fsp3) is 0.438. The fourth-order valence-corrected chi connectivity index (χ4v) is 3.43. The zero-order valence-electron chi connectivity index (χ0n) is 11.4. The summed E-state index contributed by atoms with van der Waals surface area (Å²) in [6.45, 7) is 4.52. The number of aromatic nitrogens is 1. The third kappa shape index (κ3) is 2.81. The molecule has 1 aliphatic rings. The van der Waals surface area contributed by atoms with Crippen molar-refractivity contribution in [1.29, 1.82) is 0 Å². The first kappa shape index (κ1) is 12.7. The highest BCUT2D eigenvalue weighted by Crippen LogP contribution is 2.29. The first-order chi connectivity index (χ1) is 9.36. The molecule has 3 rings (SSSR count). The Morgan fingerprint density at radius 2 is 1.84 bits per heavy atom. The van der Waals surface area contributed by atoms with Crippen LogP contribution >= 0.6 is 11.3 Å². The number of thiazole rings is 1. The Balaban J connectivity index is 1.79. The van der Waals surface area contributed by atoms with Gasteiger partial charge in [-0.2, -0.15) is 0 Å². The lowest BCUT2D eigenvalue weighted by Gasteiger charge is -2.25. The highest BCUT2D eigenvalue weighted by atomic mass is 32.1. The lowest BCUT2D eigenvalue weighted by atomic mass is 10.1. The molecule has 0 N–H and O–H groups in total.